The van der Waals surface area contributed by atoms with E-state index in [2.05, 4.69) is 5.43 Å². The molecular formula is C15H15F3N2S. The van der Waals surface area contributed by atoms with Crippen LogP contribution in [0.25, 0.3) is 0 Å². The lowest BCUT2D eigenvalue weighted by atomic mass is 10.1. The minimum atomic E-state index is -0.884. The molecule has 0 heterocycles. The second-order valence-electron chi connectivity index (χ2n) is 4.52. The van der Waals surface area contributed by atoms with E-state index in [9.17, 15) is 13.2 Å². The largest absolute Gasteiger partial charge is 0.271 e. The average molecular weight is 312 g/mol. The smallest absolute Gasteiger partial charge is 0.162 e. The number of hydrogen-bond donors (Lipinski definition) is 2. The van der Waals surface area contributed by atoms with Crippen LogP contribution in [0.3, 0.4) is 0 Å². The van der Waals surface area contributed by atoms with Crippen LogP contribution in [-0.4, -0.2) is 11.8 Å². The van der Waals surface area contributed by atoms with Crippen LogP contribution >= 0.6 is 11.8 Å². The van der Waals surface area contributed by atoms with Gasteiger partial charge in [0.1, 0.15) is 5.82 Å². The Morgan fingerprint density at radius 1 is 1.00 bits per heavy atom. The van der Waals surface area contributed by atoms with Crippen LogP contribution < -0.4 is 11.3 Å². The van der Waals surface area contributed by atoms with E-state index in [-0.39, 0.29) is 23.8 Å². The van der Waals surface area contributed by atoms with E-state index in [1.54, 1.807) is 18.2 Å². The first-order chi connectivity index (χ1) is 10.1. The van der Waals surface area contributed by atoms with Crippen LogP contribution in [0.2, 0.25) is 0 Å². The molecule has 0 saturated carbocycles. The minimum Gasteiger partial charge on any atom is -0.271 e. The predicted octanol–water partition coefficient (Wildman–Crippen LogP) is 3.27. The number of halogens is 3. The van der Waals surface area contributed by atoms with Gasteiger partial charge in [0.2, 0.25) is 0 Å². The third-order valence-electron chi connectivity index (χ3n) is 3.01. The van der Waals surface area contributed by atoms with Gasteiger partial charge in [0.15, 0.2) is 11.6 Å². The molecule has 0 radical (unpaired) electrons. The highest BCUT2D eigenvalue weighted by Gasteiger charge is 2.14. The summed E-state index contributed by atoms with van der Waals surface area (Å²) in [5.41, 5.74) is 2.80. The van der Waals surface area contributed by atoms with Crippen molar-refractivity contribution < 1.29 is 13.2 Å². The number of hydrogen-bond acceptors (Lipinski definition) is 3. The van der Waals surface area contributed by atoms with Crippen molar-refractivity contribution in [3.63, 3.8) is 0 Å². The van der Waals surface area contributed by atoms with Gasteiger partial charge >= 0.3 is 0 Å². The van der Waals surface area contributed by atoms with E-state index in [1.165, 1.54) is 30.0 Å². The van der Waals surface area contributed by atoms with Gasteiger partial charge in [0.05, 0.1) is 0 Å². The van der Waals surface area contributed by atoms with Crippen molar-refractivity contribution in [1.82, 2.24) is 5.43 Å². The maximum absolute atomic E-state index is 13.6. The van der Waals surface area contributed by atoms with Crippen LogP contribution in [0, 0.1) is 17.5 Å². The Balaban J connectivity index is 2.01. The second-order valence-corrected chi connectivity index (χ2v) is 5.58. The van der Waals surface area contributed by atoms with Crippen molar-refractivity contribution in [3.8, 4) is 0 Å². The number of nitrogens with two attached hydrogens (primary N) is 1. The van der Waals surface area contributed by atoms with Crippen LogP contribution in [0.4, 0.5) is 13.2 Å². The van der Waals surface area contributed by atoms with Gasteiger partial charge in [-0.25, -0.2) is 13.2 Å². The van der Waals surface area contributed by atoms with Crippen LogP contribution in [0.15, 0.2) is 47.4 Å². The fourth-order valence-corrected chi connectivity index (χ4v) is 2.87. The minimum absolute atomic E-state index is 0.224. The Morgan fingerprint density at radius 2 is 1.71 bits per heavy atom. The predicted molar refractivity (Wildman–Crippen MR) is 78.3 cm³/mol. The van der Waals surface area contributed by atoms with E-state index in [1.807, 2.05) is 0 Å². The molecule has 1 atom stereocenters. The quantitative estimate of drug-likeness (QED) is 0.488. The van der Waals surface area contributed by atoms with Gasteiger partial charge in [-0.1, -0.05) is 24.3 Å². The summed E-state index contributed by atoms with van der Waals surface area (Å²) in [6, 6.07) is 10.1. The topological polar surface area (TPSA) is 38.0 Å². The van der Waals surface area contributed by atoms with Gasteiger partial charge in [-0.3, -0.25) is 11.3 Å². The first-order valence-corrected chi connectivity index (χ1v) is 7.36. The molecule has 0 amide bonds. The third kappa shape index (κ3) is 4.23. The zero-order chi connectivity index (χ0) is 15.2. The molecule has 0 aliphatic heterocycles. The number of benzene rings is 2. The van der Waals surface area contributed by atoms with Crippen molar-refractivity contribution in [2.75, 3.05) is 5.75 Å². The lowest BCUT2D eigenvalue weighted by Crippen LogP contribution is -2.39. The van der Waals surface area contributed by atoms with Gasteiger partial charge in [-0.2, -0.15) is 0 Å². The zero-order valence-corrected chi connectivity index (χ0v) is 12.0. The van der Waals surface area contributed by atoms with Crippen molar-refractivity contribution in [2.45, 2.75) is 17.4 Å². The summed E-state index contributed by atoms with van der Waals surface area (Å²) in [7, 11) is 0. The first kappa shape index (κ1) is 15.9. The molecule has 21 heavy (non-hydrogen) atoms. The molecule has 0 spiro atoms. The molecule has 6 heteroatoms. The molecule has 0 saturated heterocycles. The molecule has 2 aromatic rings. The fourth-order valence-electron chi connectivity index (χ4n) is 1.89. The SMILES string of the molecule is NNC(CSc1ccccc1F)Cc1cccc(F)c1F. The highest BCUT2D eigenvalue weighted by Crippen LogP contribution is 2.23. The van der Waals surface area contributed by atoms with Crippen molar-refractivity contribution in [1.29, 1.82) is 0 Å². The van der Waals surface area contributed by atoms with Gasteiger partial charge in [-0.15, -0.1) is 11.8 Å². The molecule has 2 rings (SSSR count). The summed E-state index contributed by atoms with van der Waals surface area (Å²) in [6.07, 6.45) is 0.224. The molecule has 3 N–H and O–H groups in total. The van der Waals surface area contributed by atoms with E-state index in [0.717, 1.165) is 6.07 Å². The Bertz CT molecular complexity index is 607. The molecule has 0 bridgehead atoms. The fraction of sp³-hybridized carbons (Fsp3) is 0.200. The molecule has 0 fully saturated rings. The number of rotatable bonds is 6. The molecule has 2 aromatic carbocycles. The summed E-state index contributed by atoms with van der Waals surface area (Å²) in [5, 5.41) is 0. The number of nitrogens with one attached hydrogen (secondary N) is 1. The van der Waals surface area contributed by atoms with Crippen molar-refractivity contribution in [2.24, 2.45) is 5.84 Å². The van der Waals surface area contributed by atoms with E-state index in [4.69, 9.17) is 5.84 Å². The Kier molecular flexibility index (Phi) is 5.67. The first-order valence-electron chi connectivity index (χ1n) is 6.38. The summed E-state index contributed by atoms with van der Waals surface area (Å²) in [4.78, 5) is 0.498. The van der Waals surface area contributed by atoms with Crippen LogP contribution in [0.1, 0.15) is 5.56 Å². The van der Waals surface area contributed by atoms with Crippen molar-refractivity contribution >= 4 is 11.8 Å². The lowest BCUT2D eigenvalue weighted by Gasteiger charge is -2.16. The average Bonchev–Trinajstić information content (AvgIpc) is 2.49. The maximum atomic E-state index is 13.6. The Hall–Kier alpha value is -1.50. The second kappa shape index (κ2) is 7.49. The molecule has 0 aliphatic carbocycles. The molecule has 0 aliphatic rings. The lowest BCUT2D eigenvalue weighted by molar-refractivity contribution is 0.486. The number of hydrazine groups is 1. The summed E-state index contributed by atoms with van der Waals surface area (Å²) in [5.74, 6) is 3.81. The molecule has 0 aromatic heterocycles. The maximum Gasteiger partial charge on any atom is 0.162 e. The zero-order valence-electron chi connectivity index (χ0n) is 11.2. The van der Waals surface area contributed by atoms with Crippen LogP contribution in [0.5, 0.6) is 0 Å². The van der Waals surface area contributed by atoms with Gasteiger partial charge in [-0.05, 0) is 30.2 Å². The molecule has 112 valence electrons. The monoisotopic (exact) mass is 312 g/mol. The highest BCUT2D eigenvalue weighted by molar-refractivity contribution is 7.99. The van der Waals surface area contributed by atoms with Crippen molar-refractivity contribution in [3.05, 3.63) is 65.5 Å². The summed E-state index contributed by atoms with van der Waals surface area (Å²) in [6.45, 7) is 0. The van der Waals surface area contributed by atoms with Gasteiger partial charge in [0.25, 0.3) is 0 Å². The van der Waals surface area contributed by atoms with Crippen LogP contribution in [-0.2, 0) is 6.42 Å². The van der Waals surface area contributed by atoms with E-state index in [0.29, 0.717) is 10.6 Å². The standard InChI is InChI=1S/C15H15F3N2S/c16-12-5-1-2-7-14(12)21-9-11(20-19)8-10-4-3-6-13(17)15(10)18/h1-7,11,20H,8-9,19H2. The molecular weight excluding hydrogens is 297 g/mol. The Labute approximate surface area is 125 Å². The number of thioether (sulfide) groups is 1. The normalized spacial score (nSPS) is 12.4. The molecule has 1 unspecified atom stereocenters. The van der Waals surface area contributed by atoms with E-state index < -0.39 is 11.6 Å². The van der Waals surface area contributed by atoms with Gasteiger partial charge < -0.3 is 0 Å². The summed E-state index contributed by atoms with van der Waals surface area (Å²) < 4.78 is 40.3. The third-order valence-corrected chi connectivity index (χ3v) is 4.22. The van der Waals surface area contributed by atoms with Gasteiger partial charge in [0, 0.05) is 16.7 Å². The highest BCUT2D eigenvalue weighted by atomic mass is 32.2. The molecule has 2 nitrogen and oxygen atoms in total. The summed E-state index contributed by atoms with van der Waals surface area (Å²) >= 11 is 1.28. The Morgan fingerprint density at radius 3 is 2.43 bits per heavy atom. The van der Waals surface area contributed by atoms with E-state index >= 15 is 0 Å².